The van der Waals surface area contributed by atoms with Gasteiger partial charge in [0, 0.05) is 5.92 Å². The van der Waals surface area contributed by atoms with Gasteiger partial charge in [-0.15, -0.1) is 0 Å². The van der Waals surface area contributed by atoms with Crippen LogP contribution < -0.4 is 0 Å². The zero-order chi connectivity index (χ0) is 16.2. The monoisotopic (exact) mass is 318 g/mol. The van der Waals surface area contributed by atoms with E-state index < -0.39 is 41.5 Å². The van der Waals surface area contributed by atoms with E-state index in [9.17, 15) is 35.9 Å². The third kappa shape index (κ3) is 2.50. The molecule has 9 heteroatoms. The van der Waals surface area contributed by atoms with Gasteiger partial charge in [-0.2, -0.15) is 26.3 Å². The quantitative estimate of drug-likeness (QED) is 0.446. The molecule has 0 aromatic rings. The molecule has 2 aliphatic carbocycles. The van der Waals surface area contributed by atoms with E-state index in [2.05, 4.69) is 4.74 Å². The topological polar surface area (TPSA) is 43.4 Å². The summed E-state index contributed by atoms with van der Waals surface area (Å²) in [4.78, 5) is 23.8. The zero-order valence-electron chi connectivity index (χ0n) is 10.8. The second kappa shape index (κ2) is 4.61. The molecule has 2 bridgehead atoms. The van der Waals surface area contributed by atoms with Gasteiger partial charge in [0.05, 0.1) is 0 Å². The van der Waals surface area contributed by atoms with E-state index in [-0.39, 0.29) is 18.8 Å². The Bertz CT molecular complexity index is 455. The molecule has 0 amide bonds. The maximum absolute atomic E-state index is 12.4. The first-order chi connectivity index (χ1) is 9.39. The molecule has 3 unspecified atom stereocenters. The Balaban J connectivity index is 2.23. The summed E-state index contributed by atoms with van der Waals surface area (Å²) < 4.78 is 78.1. The largest absolute Gasteiger partial charge is 0.442 e. The molecule has 0 aromatic carbocycles. The van der Waals surface area contributed by atoms with E-state index in [1.165, 1.54) is 6.92 Å². The lowest BCUT2D eigenvalue weighted by molar-refractivity contribution is -0.315. The van der Waals surface area contributed by atoms with Crippen molar-refractivity contribution in [1.82, 2.24) is 0 Å². The second-order valence-corrected chi connectivity index (χ2v) is 5.61. The van der Waals surface area contributed by atoms with Gasteiger partial charge in [0.2, 0.25) is 0 Å². The van der Waals surface area contributed by atoms with Gasteiger partial charge in [-0.1, -0.05) is 6.92 Å². The number of esters is 1. The minimum Gasteiger partial charge on any atom is -0.442 e. The maximum Gasteiger partial charge on any atom is 0.434 e. The Kier molecular flexibility index (Phi) is 3.53. The number of halogens is 6. The van der Waals surface area contributed by atoms with Crippen LogP contribution in [-0.4, -0.2) is 30.2 Å². The molecule has 3 nitrogen and oxygen atoms in total. The van der Waals surface area contributed by atoms with Crippen LogP contribution in [0.4, 0.5) is 26.3 Å². The highest BCUT2D eigenvalue weighted by atomic mass is 19.4. The smallest absolute Gasteiger partial charge is 0.434 e. The van der Waals surface area contributed by atoms with Crippen LogP contribution in [0.3, 0.4) is 0 Å². The molecule has 0 heterocycles. The molecule has 0 N–H and O–H groups in total. The first-order valence-corrected chi connectivity index (χ1v) is 6.28. The van der Waals surface area contributed by atoms with Crippen LogP contribution in [0, 0.1) is 17.3 Å². The minimum atomic E-state index is -5.77. The third-order valence-corrected chi connectivity index (χ3v) is 4.36. The molecule has 2 saturated carbocycles. The molecular formula is C12H12F6O3. The summed E-state index contributed by atoms with van der Waals surface area (Å²) in [6.07, 6.45) is -15.4. The number of ether oxygens (including phenoxy) is 1. The molecule has 120 valence electrons. The standard InChI is InChI=1S/C12H12F6O3/c1-5-6-2-3-10(4-6,7(5)19)9(20)21-8(11(13,14)15)12(16,17)18/h5-6,8H,2-4H2,1H3. The average molecular weight is 318 g/mol. The maximum atomic E-state index is 12.4. The average Bonchev–Trinajstić information content (AvgIpc) is 2.84. The van der Waals surface area contributed by atoms with E-state index in [0.29, 0.717) is 6.42 Å². The number of carbonyl (C=O) groups is 2. The van der Waals surface area contributed by atoms with Crippen molar-refractivity contribution in [3.05, 3.63) is 0 Å². The van der Waals surface area contributed by atoms with E-state index in [1.807, 2.05) is 0 Å². The van der Waals surface area contributed by atoms with E-state index >= 15 is 0 Å². The van der Waals surface area contributed by atoms with Gasteiger partial charge in [-0.3, -0.25) is 9.59 Å². The summed E-state index contributed by atoms with van der Waals surface area (Å²) in [5.74, 6) is -3.05. The summed E-state index contributed by atoms with van der Waals surface area (Å²) in [6, 6.07) is 0. The fraction of sp³-hybridized carbons (Fsp3) is 0.833. The van der Waals surface area contributed by atoms with Crippen molar-refractivity contribution in [1.29, 1.82) is 0 Å². The first kappa shape index (κ1) is 16.1. The van der Waals surface area contributed by atoms with Gasteiger partial charge >= 0.3 is 18.3 Å². The van der Waals surface area contributed by atoms with Crippen LogP contribution in [-0.2, 0) is 14.3 Å². The van der Waals surface area contributed by atoms with E-state index in [0.717, 1.165) is 0 Å². The summed E-state index contributed by atoms with van der Waals surface area (Å²) in [5, 5.41) is 0. The Morgan fingerprint density at radius 1 is 1.24 bits per heavy atom. The molecule has 2 fully saturated rings. The molecule has 0 radical (unpaired) electrons. The fourth-order valence-corrected chi connectivity index (χ4v) is 3.21. The number of hydrogen-bond donors (Lipinski definition) is 0. The second-order valence-electron chi connectivity index (χ2n) is 5.61. The van der Waals surface area contributed by atoms with Crippen LogP contribution in [0.5, 0.6) is 0 Å². The Morgan fingerprint density at radius 3 is 2.14 bits per heavy atom. The Morgan fingerprint density at radius 2 is 1.76 bits per heavy atom. The van der Waals surface area contributed by atoms with Crippen molar-refractivity contribution in [2.45, 2.75) is 44.6 Å². The lowest BCUT2D eigenvalue weighted by Gasteiger charge is -2.29. The van der Waals surface area contributed by atoms with Crippen LogP contribution in [0.2, 0.25) is 0 Å². The first-order valence-electron chi connectivity index (χ1n) is 6.28. The summed E-state index contributed by atoms with van der Waals surface area (Å²) in [6.45, 7) is 1.52. The molecule has 0 aliphatic heterocycles. The summed E-state index contributed by atoms with van der Waals surface area (Å²) in [5.41, 5.74) is -1.83. The van der Waals surface area contributed by atoms with Crippen LogP contribution in [0.15, 0.2) is 0 Å². The van der Waals surface area contributed by atoms with Crippen molar-refractivity contribution in [3.8, 4) is 0 Å². The highest BCUT2D eigenvalue weighted by Gasteiger charge is 2.65. The van der Waals surface area contributed by atoms with Gasteiger partial charge in [0.15, 0.2) is 5.78 Å². The number of rotatable bonds is 2. The Labute approximate surface area is 115 Å². The lowest BCUT2D eigenvalue weighted by Crippen LogP contribution is -2.49. The van der Waals surface area contributed by atoms with Crippen molar-refractivity contribution < 1.29 is 40.7 Å². The van der Waals surface area contributed by atoms with E-state index in [4.69, 9.17) is 0 Å². The van der Waals surface area contributed by atoms with E-state index in [1.54, 1.807) is 0 Å². The van der Waals surface area contributed by atoms with Crippen molar-refractivity contribution >= 4 is 11.8 Å². The van der Waals surface area contributed by atoms with Gasteiger partial charge in [-0.05, 0) is 25.2 Å². The third-order valence-electron chi connectivity index (χ3n) is 4.36. The normalized spacial score (nSPS) is 32.9. The summed E-state index contributed by atoms with van der Waals surface area (Å²) in [7, 11) is 0. The van der Waals surface area contributed by atoms with Crippen LogP contribution in [0.25, 0.3) is 0 Å². The number of Topliss-reactive ketones (excluding diaryl/α,β-unsaturated/α-hetero) is 1. The Hall–Kier alpha value is -1.28. The van der Waals surface area contributed by atoms with Crippen LogP contribution in [0.1, 0.15) is 26.2 Å². The minimum absolute atomic E-state index is 0.0335. The zero-order valence-corrected chi connectivity index (χ0v) is 10.8. The summed E-state index contributed by atoms with van der Waals surface area (Å²) >= 11 is 0. The number of alkyl halides is 6. The molecule has 0 spiro atoms. The molecule has 0 aromatic heterocycles. The molecule has 2 rings (SSSR count). The number of ketones is 1. The SMILES string of the molecule is CC1C(=O)C2(C(=O)OC(C(F)(F)F)C(F)(F)F)CCC1C2. The molecule has 2 aliphatic rings. The predicted molar refractivity (Wildman–Crippen MR) is 55.9 cm³/mol. The molecule has 0 saturated heterocycles. The highest BCUT2D eigenvalue weighted by Crippen LogP contribution is 2.55. The molecule has 21 heavy (non-hydrogen) atoms. The molecular weight excluding hydrogens is 306 g/mol. The number of hydrogen-bond acceptors (Lipinski definition) is 3. The number of fused-ring (bicyclic) bond motifs is 2. The van der Waals surface area contributed by atoms with Gasteiger partial charge in [0.1, 0.15) is 5.41 Å². The fourth-order valence-electron chi connectivity index (χ4n) is 3.21. The van der Waals surface area contributed by atoms with Crippen LogP contribution >= 0.6 is 0 Å². The van der Waals surface area contributed by atoms with Gasteiger partial charge in [0.25, 0.3) is 6.10 Å². The van der Waals surface area contributed by atoms with Gasteiger partial charge in [-0.25, -0.2) is 0 Å². The van der Waals surface area contributed by atoms with Gasteiger partial charge < -0.3 is 4.74 Å². The van der Waals surface area contributed by atoms with Crippen molar-refractivity contribution in [2.75, 3.05) is 0 Å². The van der Waals surface area contributed by atoms with Crippen molar-refractivity contribution in [3.63, 3.8) is 0 Å². The molecule has 3 atom stereocenters. The highest BCUT2D eigenvalue weighted by molar-refractivity contribution is 6.07. The predicted octanol–water partition coefficient (Wildman–Crippen LogP) is 3.03. The van der Waals surface area contributed by atoms with Crippen molar-refractivity contribution in [2.24, 2.45) is 17.3 Å². The lowest BCUT2D eigenvalue weighted by atomic mass is 9.79. The number of carbonyl (C=O) groups excluding carboxylic acids is 2.